The number of carbonyl (C=O) groups is 2. The van der Waals surface area contributed by atoms with Crippen molar-refractivity contribution in [2.24, 2.45) is 0 Å². The van der Waals surface area contributed by atoms with Crippen LogP contribution in [0.2, 0.25) is 0 Å². The average Bonchev–Trinajstić information content (AvgIpc) is 2.68. The van der Waals surface area contributed by atoms with Crippen molar-refractivity contribution in [1.82, 2.24) is 4.98 Å². The number of aromatic nitrogens is 1. The van der Waals surface area contributed by atoms with Crippen LogP contribution in [0.4, 0.5) is 11.5 Å². The highest BCUT2D eigenvalue weighted by molar-refractivity contribution is 6.05. The number of methoxy groups -OCH3 is 1. The summed E-state index contributed by atoms with van der Waals surface area (Å²) in [7, 11) is 1.31. The van der Waals surface area contributed by atoms with E-state index in [1.165, 1.54) is 32.4 Å². The molecule has 2 heterocycles. The number of hydrogen-bond acceptors (Lipinski definition) is 5. The molecule has 26 heavy (non-hydrogen) atoms. The minimum Gasteiger partial charge on any atom is -0.465 e. The fourth-order valence-electron chi connectivity index (χ4n) is 3.18. The molecule has 1 aliphatic rings. The molecule has 0 saturated carbocycles. The van der Waals surface area contributed by atoms with Crippen LogP contribution in [-0.4, -0.2) is 37.1 Å². The Balaban J connectivity index is 1.73. The number of amides is 1. The molecule has 1 aromatic carbocycles. The lowest BCUT2D eigenvalue weighted by atomic mass is 10.1. The summed E-state index contributed by atoms with van der Waals surface area (Å²) in [6, 6.07) is 8.37. The Morgan fingerprint density at radius 1 is 1.12 bits per heavy atom. The van der Waals surface area contributed by atoms with Crippen LogP contribution in [0.5, 0.6) is 0 Å². The molecule has 136 valence electrons. The molecule has 6 nitrogen and oxygen atoms in total. The summed E-state index contributed by atoms with van der Waals surface area (Å²) in [6.07, 6.45) is 5.33. The number of carbonyl (C=O) groups excluding carboxylic acids is 2. The second kappa shape index (κ2) is 7.99. The Labute approximate surface area is 153 Å². The maximum absolute atomic E-state index is 12.5. The van der Waals surface area contributed by atoms with Gasteiger partial charge in [-0.3, -0.25) is 4.79 Å². The number of aryl methyl sites for hydroxylation is 1. The van der Waals surface area contributed by atoms with E-state index in [-0.39, 0.29) is 5.91 Å². The van der Waals surface area contributed by atoms with Crippen molar-refractivity contribution in [2.75, 3.05) is 30.4 Å². The SMILES string of the molecule is COC(=O)c1cccc(C(=O)Nc2cnc(N3CCCCC3)c(C)c2)c1. The van der Waals surface area contributed by atoms with Crippen LogP contribution < -0.4 is 10.2 Å². The number of piperidine rings is 1. The van der Waals surface area contributed by atoms with Gasteiger partial charge in [0.05, 0.1) is 24.6 Å². The van der Waals surface area contributed by atoms with Crippen molar-refractivity contribution in [3.63, 3.8) is 0 Å². The maximum Gasteiger partial charge on any atom is 0.337 e. The Bertz CT molecular complexity index is 814. The lowest BCUT2D eigenvalue weighted by molar-refractivity contribution is 0.0600. The molecule has 1 aromatic heterocycles. The molecule has 1 saturated heterocycles. The molecule has 1 aliphatic heterocycles. The number of ether oxygens (including phenoxy) is 1. The molecule has 0 unspecified atom stereocenters. The van der Waals surface area contributed by atoms with Crippen molar-refractivity contribution < 1.29 is 14.3 Å². The largest absolute Gasteiger partial charge is 0.465 e. The standard InChI is InChI=1S/C20H23N3O3/c1-14-11-17(13-21-18(14)23-9-4-3-5-10-23)22-19(24)15-7-6-8-16(12-15)20(25)26-2/h6-8,11-13H,3-5,9-10H2,1-2H3,(H,22,24). The van der Waals surface area contributed by atoms with Gasteiger partial charge in [0.2, 0.25) is 0 Å². The fraction of sp³-hybridized carbons (Fsp3) is 0.350. The third kappa shape index (κ3) is 4.02. The predicted octanol–water partition coefficient (Wildman–Crippen LogP) is 3.42. The van der Waals surface area contributed by atoms with Crippen LogP contribution >= 0.6 is 0 Å². The maximum atomic E-state index is 12.5. The van der Waals surface area contributed by atoms with Crippen LogP contribution in [0.15, 0.2) is 36.5 Å². The molecule has 1 fully saturated rings. The molecule has 0 bridgehead atoms. The monoisotopic (exact) mass is 353 g/mol. The zero-order chi connectivity index (χ0) is 18.5. The van der Waals surface area contributed by atoms with E-state index in [0.717, 1.165) is 24.5 Å². The molecule has 0 aliphatic carbocycles. The molecule has 6 heteroatoms. The molecule has 2 aromatic rings. The predicted molar refractivity (Wildman–Crippen MR) is 101 cm³/mol. The Morgan fingerprint density at radius 2 is 1.85 bits per heavy atom. The Kier molecular flexibility index (Phi) is 5.51. The van der Waals surface area contributed by atoms with Gasteiger partial charge in [-0.15, -0.1) is 0 Å². The molecule has 0 spiro atoms. The van der Waals surface area contributed by atoms with Crippen LogP contribution in [0, 0.1) is 6.92 Å². The smallest absolute Gasteiger partial charge is 0.337 e. The van der Waals surface area contributed by atoms with E-state index < -0.39 is 5.97 Å². The summed E-state index contributed by atoms with van der Waals surface area (Å²) in [5, 5.41) is 2.84. The number of anilines is 2. The first-order valence-corrected chi connectivity index (χ1v) is 8.80. The molecular formula is C20H23N3O3. The Morgan fingerprint density at radius 3 is 2.54 bits per heavy atom. The lowest BCUT2D eigenvalue weighted by Gasteiger charge is -2.29. The van der Waals surface area contributed by atoms with E-state index in [1.807, 2.05) is 13.0 Å². The van der Waals surface area contributed by atoms with Gasteiger partial charge in [0, 0.05) is 18.7 Å². The molecular weight excluding hydrogens is 330 g/mol. The van der Waals surface area contributed by atoms with Crippen molar-refractivity contribution in [3.8, 4) is 0 Å². The first-order chi connectivity index (χ1) is 12.6. The summed E-state index contributed by atoms with van der Waals surface area (Å²) in [6.45, 7) is 4.06. The van der Waals surface area contributed by atoms with E-state index in [0.29, 0.717) is 16.8 Å². The van der Waals surface area contributed by atoms with Crippen LogP contribution in [0.1, 0.15) is 45.5 Å². The first kappa shape index (κ1) is 17.9. The normalized spacial score (nSPS) is 14.0. The molecule has 0 atom stereocenters. The molecule has 1 N–H and O–H groups in total. The molecule has 3 rings (SSSR count). The van der Waals surface area contributed by atoms with Gasteiger partial charge < -0.3 is 15.0 Å². The summed E-state index contributed by atoms with van der Waals surface area (Å²) < 4.78 is 4.69. The number of nitrogens with zero attached hydrogens (tertiary/aromatic N) is 2. The number of hydrogen-bond donors (Lipinski definition) is 1. The number of pyridine rings is 1. The van der Waals surface area contributed by atoms with Crippen LogP contribution in [-0.2, 0) is 4.74 Å². The Hall–Kier alpha value is -2.89. The third-order valence-electron chi connectivity index (χ3n) is 4.51. The number of nitrogens with one attached hydrogen (secondary N) is 1. The third-order valence-corrected chi connectivity index (χ3v) is 4.51. The quantitative estimate of drug-likeness (QED) is 0.853. The van der Waals surface area contributed by atoms with Gasteiger partial charge in [-0.05, 0) is 56.0 Å². The van der Waals surface area contributed by atoms with Gasteiger partial charge in [-0.2, -0.15) is 0 Å². The van der Waals surface area contributed by atoms with Crippen molar-refractivity contribution in [1.29, 1.82) is 0 Å². The first-order valence-electron chi connectivity index (χ1n) is 8.80. The zero-order valence-electron chi connectivity index (χ0n) is 15.1. The van der Waals surface area contributed by atoms with Crippen molar-refractivity contribution in [2.45, 2.75) is 26.2 Å². The number of benzene rings is 1. The summed E-state index contributed by atoms with van der Waals surface area (Å²) in [4.78, 5) is 30.9. The second-order valence-corrected chi connectivity index (χ2v) is 6.44. The van der Waals surface area contributed by atoms with E-state index in [9.17, 15) is 9.59 Å². The van der Waals surface area contributed by atoms with Crippen molar-refractivity contribution >= 4 is 23.4 Å². The van der Waals surface area contributed by atoms with Crippen molar-refractivity contribution in [3.05, 3.63) is 53.2 Å². The number of esters is 1. The average molecular weight is 353 g/mol. The topological polar surface area (TPSA) is 71.5 Å². The zero-order valence-corrected chi connectivity index (χ0v) is 15.1. The van der Waals surface area contributed by atoms with E-state index in [2.05, 4.69) is 15.2 Å². The highest BCUT2D eigenvalue weighted by Crippen LogP contribution is 2.24. The van der Waals surface area contributed by atoms with Gasteiger partial charge >= 0.3 is 5.97 Å². The second-order valence-electron chi connectivity index (χ2n) is 6.44. The highest BCUT2D eigenvalue weighted by Gasteiger charge is 2.16. The molecule has 0 radical (unpaired) electrons. The van der Waals surface area contributed by atoms with Gasteiger partial charge in [0.1, 0.15) is 5.82 Å². The summed E-state index contributed by atoms with van der Waals surface area (Å²) in [5.74, 6) is 0.223. The van der Waals surface area contributed by atoms with E-state index >= 15 is 0 Å². The van der Waals surface area contributed by atoms with Crippen LogP contribution in [0.25, 0.3) is 0 Å². The minimum atomic E-state index is -0.469. The molecule has 1 amide bonds. The summed E-state index contributed by atoms with van der Waals surface area (Å²) >= 11 is 0. The van der Waals surface area contributed by atoms with Gasteiger partial charge in [0.15, 0.2) is 0 Å². The van der Waals surface area contributed by atoms with Gasteiger partial charge in [0.25, 0.3) is 5.91 Å². The minimum absolute atomic E-state index is 0.289. The van der Waals surface area contributed by atoms with E-state index in [4.69, 9.17) is 4.74 Å². The van der Waals surface area contributed by atoms with E-state index in [1.54, 1.807) is 24.4 Å². The van der Waals surface area contributed by atoms with Gasteiger partial charge in [-0.25, -0.2) is 9.78 Å². The van der Waals surface area contributed by atoms with Gasteiger partial charge in [-0.1, -0.05) is 6.07 Å². The number of rotatable bonds is 4. The highest BCUT2D eigenvalue weighted by atomic mass is 16.5. The van der Waals surface area contributed by atoms with Crippen LogP contribution in [0.3, 0.4) is 0 Å². The lowest BCUT2D eigenvalue weighted by Crippen LogP contribution is -2.30. The summed E-state index contributed by atoms with van der Waals surface area (Å²) in [5.41, 5.74) is 2.41. The fourth-order valence-corrected chi connectivity index (χ4v) is 3.18.